The van der Waals surface area contributed by atoms with E-state index in [1.54, 1.807) is 0 Å². The summed E-state index contributed by atoms with van der Waals surface area (Å²) in [6.07, 6.45) is 0.629. The summed E-state index contributed by atoms with van der Waals surface area (Å²) in [6.45, 7) is 7.83. The summed E-state index contributed by atoms with van der Waals surface area (Å²) in [4.78, 5) is 18.5. The van der Waals surface area contributed by atoms with Crippen LogP contribution in [0.4, 0.5) is 0 Å². The molecule has 6 heteroatoms. The first-order chi connectivity index (χ1) is 11.0. The average molecular weight is 314 g/mol. The molecule has 1 fully saturated rings. The van der Waals surface area contributed by atoms with Gasteiger partial charge in [0.1, 0.15) is 0 Å². The molecule has 0 atom stereocenters. The molecule has 2 heterocycles. The van der Waals surface area contributed by atoms with Crippen molar-refractivity contribution in [2.45, 2.75) is 39.3 Å². The summed E-state index contributed by atoms with van der Waals surface area (Å²) in [6, 6.07) is 8.16. The quantitative estimate of drug-likeness (QED) is 0.929. The molecule has 0 aliphatic carbocycles. The predicted molar refractivity (Wildman–Crippen MR) is 85.8 cm³/mol. The number of piperazine rings is 1. The van der Waals surface area contributed by atoms with E-state index >= 15 is 0 Å². The van der Waals surface area contributed by atoms with Crippen LogP contribution in [-0.2, 0) is 17.8 Å². The summed E-state index contributed by atoms with van der Waals surface area (Å²) in [5.41, 5.74) is 1.83. The summed E-state index contributed by atoms with van der Waals surface area (Å²) in [5.74, 6) is 1.26. The van der Waals surface area contributed by atoms with Gasteiger partial charge < -0.3 is 9.84 Å². The second-order valence-corrected chi connectivity index (χ2v) is 6.44. The molecule has 0 saturated carbocycles. The van der Waals surface area contributed by atoms with Gasteiger partial charge in [-0.3, -0.25) is 9.69 Å². The number of rotatable bonds is 4. The molecule has 1 N–H and O–H groups in total. The molecule has 23 heavy (non-hydrogen) atoms. The van der Waals surface area contributed by atoms with Crippen LogP contribution in [0.1, 0.15) is 36.7 Å². The third-order valence-corrected chi connectivity index (χ3v) is 4.46. The van der Waals surface area contributed by atoms with E-state index in [1.807, 2.05) is 26.0 Å². The molecule has 1 saturated heterocycles. The zero-order valence-corrected chi connectivity index (χ0v) is 13.8. The van der Waals surface area contributed by atoms with Crippen LogP contribution < -0.4 is 5.32 Å². The Morgan fingerprint density at radius 2 is 2.13 bits per heavy atom. The van der Waals surface area contributed by atoms with E-state index in [4.69, 9.17) is 4.52 Å². The normalized spacial score (nSPS) is 18.0. The molecule has 6 nitrogen and oxygen atoms in total. The molecule has 122 valence electrons. The molecule has 0 unspecified atom stereocenters. The smallest absolute Gasteiger partial charge is 0.240 e. The fraction of sp³-hybridized carbons (Fsp3) is 0.471. The van der Waals surface area contributed by atoms with Crippen molar-refractivity contribution in [3.63, 3.8) is 0 Å². The number of carbonyl (C=O) groups excluding carboxylic acids is 1. The van der Waals surface area contributed by atoms with Crippen LogP contribution in [0.3, 0.4) is 0 Å². The Morgan fingerprint density at radius 3 is 2.91 bits per heavy atom. The maximum atomic E-state index is 12.0. The molecular formula is C17H22N4O2. The van der Waals surface area contributed by atoms with Crippen molar-refractivity contribution in [2.24, 2.45) is 0 Å². The predicted octanol–water partition coefficient (Wildman–Crippen LogP) is 1.68. The lowest BCUT2D eigenvalue weighted by Gasteiger charge is -2.40. The fourth-order valence-corrected chi connectivity index (χ4v) is 2.79. The number of hydrogen-bond acceptors (Lipinski definition) is 5. The minimum atomic E-state index is -0.560. The Morgan fingerprint density at radius 1 is 1.35 bits per heavy atom. The molecule has 0 bridgehead atoms. The Bertz CT molecular complexity index is 708. The topological polar surface area (TPSA) is 71.3 Å². The van der Waals surface area contributed by atoms with Crippen LogP contribution in [-0.4, -0.2) is 39.6 Å². The molecule has 2 aromatic rings. The van der Waals surface area contributed by atoms with Gasteiger partial charge in [-0.05, 0) is 31.9 Å². The second kappa shape index (κ2) is 6.12. The molecular weight excluding hydrogens is 292 g/mol. The van der Waals surface area contributed by atoms with Gasteiger partial charge in [0.25, 0.3) is 0 Å². The monoisotopic (exact) mass is 314 g/mol. The van der Waals surface area contributed by atoms with Gasteiger partial charge in [-0.2, -0.15) is 4.98 Å². The molecule has 0 radical (unpaired) electrons. The van der Waals surface area contributed by atoms with E-state index in [-0.39, 0.29) is 5.91 Å². The van der Waals surface area contributed by atoms with Crippen molar-refractivity contribution in [1.29, 1.82) is 0 Å². The van der Waals surface area contributed by atoms with Crippen molar-refractivity contribution < 1.29 is 9.32 Å². The first-order valence-corrected chi connectivity index (χ1v) is 7.86. The minimum absolute atomic E-state index is 0.0346. The van der Waals surface area contributed by atoms with E-state index in [1.165, 1.54) is 11.1 Å². The van der Waals surface area contributed by atoms with Gasteiger partial charge in [0.05, 0.1) is 18.5 Å². The first kappa shape index (κ1) is 15.7. The fourth-order valence-electron chi connectivity index (χ4n) is 2.79. The number of nitrogens with one attached hydrogen (secondary N) is 1. The third kappa shape index (κ3) is 3.27. The Kier molecular flexibility index (Phi) is 4.17. The molecule has 0 spiro atoms. The molecule has 1 aromatic heterocycles. The van der Waals surface area contributed by atoms with Crippen LogP contribution in [0.25, 0.3) is 0 Å². The third-order valence-electron chi connectivity index (χ3n) is 4.46. The van der Waals surface area contributed by atoms with E-state index in [2.05, 4.69) is 39.4 Å². The molecule has 3 rings (SSSR count). The Balaban J connectivity index is 1.70. The summed E-state index contributed by atoms with van der Waals surface area (Å²) in [5, 5.41) is 6.95. The van der Waals surface area contributed by atoms with Gasteiger partial charge in [-0.1, -0.05) is 29.4 Å². The van der Waals surface area contributed by atoms with Gasteiger partial charge in [0.15, 0.2) is 5.82 Å². The summed E-state index contributed by atoms with van der Waals surface area (Å²) in [7, 11) is 0. The van der Waals surface area contributed by atoms with Gasteiger partial charge in [-0.25, -0.2) is 0 Å². The number of hydrogen-bond donors (Lipinski definition) is 1. The largest absolute Gasteiger partial charge is 0.353 e. The van der Waals surface area contributed by atoms with Crippen LogP contribution >= 0.6 is 0 Å². The number of amides is 1. The highest BCUT2D eigenvalue weighted by Crippen LogP contribution is 2.20. The maximum Gasteiger partial charge on any atom is 0.240 e. The average Bonchev–Trinajstić information content (AvgIpc) is 2.94. The molecule has 1 aliphatic heterocycles. The van der Waals surface area contributed by atoms with Crippen LogP contribution in [0.2, 0.25) is 0 Å². The lowest BCUT2D eigenvalue weighted by Crippen LogP contribution is -2.61. The lowest BCUT2D eigenvalue weighted by atomic mass is 9.99. The van der Waals surface area contributed by atoms with Crippen molar-refractivity contribution in [2.75, 3.05) is 13.1 Å². The van der Waals surface area contributed by atoms with Gasteiger partial charge in [-0.15, -0.1) is 0 Å². The summed E-state index contributed by atoms with van der Waals surface area (Å²) >= 11 is 0. The summed E-state index contributed by atoms with van der Waals surface area (Å²) < 4.78 is 5.37. The van der Waals surface area contributed by atoms with Crippen molar-refractivity contribution in [1.82, 2.24) is 20.4 Å². The molecule has 1 amide bonds. The standard InChI is InChI=1S/C17H22N4O2/c1-12-6-4-5-7-13(12)10-15-19-14(20-23-15)11-21-9-8-18-16(22)17(21,2)3/h4-7H,8-11H2,1-3H3,(H,18,22). The zero-order chi connectivity index (χ0) is 16.4. The number of aromatic nitrogens is 2. The van der Waals surface area contributed by atoms with Gasteiger partial charge >= 0.3 is 0 Å². The SMILES string of the molecule is Cc1ccccc1Cc1nc(CN2CCNC(=O)C2(C)C)no1. The number of carbonyl (C=O) groups is 1. The van der Waals surface area contributed by atoms with E-state index in [0.717, 1.165) is 6.54 Å². The second-order valence-electron chi connectivity index (χ2n) is 6.44. The highest BCUT2D eigenvalue weighted by atomic mass is 16.5. The molecule has 1 aliphatic rings. The van der Waals surface area contributed by atoms with Crippen molar-refractivity contribution >= 4 is 5.91 Å². The van der Waals surface area contributed by atoms with Gasteiger partial charge in [0.2, 0.25) is 11.8 Å². The van der Waals surface area contributed by atoms with Crippen molar-refractivity contribution in [3.05, 3.63) is 47.1 Å². The van der Waals surface area contributed by atoms with Crippen LogP contribution in [0.15, 0.2) is 28.8 Å². The zero-order valence-electron chi connectivity index (χ0n) is 13.8. The Labute approximate surface area is 135 Å². The van der Waals surface area contributed by atoms with Crippen LogP contribution in [0, 0.1) is 6.92 Å². The van der Waals surface area contributed by atoms with E-state index in [0.29, 0.717) is 31.2 Å². The van der Waals surface area contributed by atoms with E-state index in [9.17, 15) is 4.79 Å². The highest BCUT2D eigenvalue weighted by molar-refractivity contribution is 5.86. The number of nitrogens with zero attached hydrogens (tertiary/aromatic N) is 3. The minimum Gasteiger partial charge on any atom is -0.353 e. The van der Waals surface area contributed by atoms with Crippen molar-refractivity contribution in [3.8, 4) is 0 Å². The lowest BCUT2D eigenvalue weighted by molar-refractivity contribution is -0.135. The van der Waals surface area contributed by atoms with E-state index < -0.39 is 5.54 Å². The number of benzene rings is 1. The highest BCUT2D eigenvalue weighted by Gasteiger charge is 2.38. The number of aryl methyl sites for hydroxylation is 1. The molecule has 1 aromatic carbocycles. The van der Waals surface area contributed by atoms with Gasteiger partial charge in [0, 0.05) is 13.1 Å². The maximum absolute atomic E-state index is 12.0. The Hall–Kier alpha value is -2.21. The first-order valence-electron chi connectivity index (χ1n) is 7.86. The van der Waals surface area contributed by atoms with Crippen LogP contribution in [0.5, 0.6) is 0 Å².